The molecular weight excluding hydrogens is 476 g/mol. The number of carbonyl (C=O) groups is 2. The van der Waals surface area contributed by atoms with Gasteiger partial charge in [-0.25, -0.2) is 0 Å². The van der Waals surface area contributed by atoms with Gasteiger partial charge in [-0.3, -0.25) is 9.59 Å². The van der Waals surface area contributed by atoms with Crippen LogP contribution in [-0.2, 0) is 9.59 Å². The van der Waals surface area contributed by atoms with E-state index in [1.807, 2.05) is 39.8 Å². The molecule has 144 valence electrons. The van der Waals surface area contributed by atoms with Gasteiger partial charge in [-0.2, -0.15) is 0 Å². The number of hydrogen-bond acceptors (Lipinski definition) is 3. The zero-order valence-electron chi connectivity index (χ0n) is 15.7. The van der Waals surface area contributed by atoms with E-state index in [9.17, 15) is 9.59 Å². The van der Waals surface area contributed by atoms with E-state index in [-0.39, 0.29) is 18.4 Å². The first-order chi connectivity index (χ1) is 12.6. The number of ether oxygens (including phenoxy) is 1. The molecule has 2 amide bonds. The van der Waals surface area contributed by atoms with Crippen molar-refractivity contribution in [2.75, 3.05) is 17.2 Å². The predicted octanol–water partition coefficient (Wildman–Crippen LogP) is 5.52. The molecule has 0 aromatic heterocycles. The molecule has 0 aliphatic heterocycles. The fourth-order valence-corrected chi connectivity index (χ4v) is 3.75. The summed E-state index contributed by atoms with van der Waals surface area (Å²) in [5.74, 6) is 0.243. The lowest BCUT2D eigenvalue weighted by atomic mass is 9.95. The summed E-state index contributed by atoms with van der Waals surface area (Å²) in [6, 6.07) is 10.8. The molecule has 2 N–H and O–H groups in total. The number of hydrogen-bond donors (Lipinski definition) is 2. The average Bonchev–Trinajstić information content (AvgIpc) is 2.53. The second-order valence-electron chi connectivity index (χ2n) is 7.16. The molecule has 5 nitrogen and oxygen atoms in total. The molecule has 2 aromatic rings. The predicted molar refractivity (Wildman–Crippen MR) is 115 cm³/mol. The van der Waals surface area contributed by atoms with Gasteiger partial charge in [-0.15, -0.1) is 0 Å². The first kappa shape index (κ1) is 21.4. The molecule has 0 aliphatic carbocycles. The lowest BCUT2D eigenvalue weighted by molar-refractivity contribution is -0.123. The third-order valence-corrected chi connectivity index (χ3v) is 4.67. The molecule has 0 atom stereocenters. The lowest BCUT2D eigenvalue weighted by Gasteiger charge is -2.18. The van der Waals surface area contributed by atoms with E-state index in [0.717, 1.165) is 14.5 Å². The van der Waals surface area contributed by atoms with Gasteiger partial charge in [-0.1, -0.05) is 42.8 Å². The van der Waals surface area contributed by atoms with Crippen LogP contribution in [0.1, 0.15) is 26.3 Å². The number of aryl methyl sites for hydroxylation is 1. The fourth-order valence-electron chi connectivity index (χ4n) is 2.20. The molecular formula is C20H22Br2N2O3. The summed E-state index contributed by atoms with van der Waals surface area (Å²) in [5, 5.41) is 5.62. The molecule has 0 aliphatic rings. The van der Waals surface area contributed by atoms with Gasteiger partial charge in [0.05, 0.1) is 4.47 Å². The summed E-state index contributed by atoms with van der Waals surface area (Å²) in [4.78, 5) is 24.3. The van der Waals surface area contributed by atoms with Crippen molar-refractivity contribution in [1.29, 1.82) is 0 Å². The average molecular weight is 498 g/mol. The van der Waals surface area contributed by atoms with Gasteiger partial charge >= 0.3 is 0 Å². The highest BCUT2D eigenvalue weighted by molar-refractivity contribution is 9.11. The maximum atomic E-state index is 12.2. The third kappa shape index (κ3) is 6.36. The second-order valence-corrected chi connectivity index (χ2v) is 8.93. The largest absolute Gasteiger partial charge is 0.482 e. The van der Waals surface area contributed by atoms with Crippen molar-refractivity contribution >= 4 is 55.0 Å². The monoisotopic (exact) mass is 496 g/mol. The number of nitrogens with one attached hydrogen (secondary N) is 2. The molecule has 0 saturated carbocycles. The Morgan fingerprint density at radius 3 is 2.26 bits per heavy atom. The third-order valence-electron chi connectivity index (χ3n) is 3.63. The van der Waals surface area contributed by atoms with Gasteiger partial charge < -0.3 is 15.4 Å². The number of amides is 2. The molecule has 0 spiro atoms. The van der Waals surface area contributed by atoms with E-state index in [2.05, 4.69) is 42.5 Å². The van der Waals surface area contributed by atoms with Crippen LogP contribution in [0.5, 0.6) is 5.75 Å². The maximum Gasteiger partial charge on any atom is 0.262 e. The van der Waals surface area contributed by atoms with Crippen molar-refractivity contribution in [1.82, 2.24) is 0 Å². The van der Waals surface area contributed by atoms with E-state index < -0.39 is 5.41 Å². The van der Waals surface area contributed by atoms with Gasteiger partial charge in [0, 0.05) is 21.3 Å². The van der Waals surface area contributed by atoms with Gasteiger partial charge in [0.1, 0.15) is 5.75 Å². The van der Waals surface area contributed by atoms with Crippen LogP contribution in [0.4, 0.5) is 11.4 Å². The molecule has 0 heterocycles. The minimum Gasteiger partial charge on any atom is -0.482 e. The quantitative estimate of drug-likeness (QED) is 0.571. The summed E-state index contributed by atoms with van der Waals surface area (Å²) in [5.41, 5.74) is 1.63. The lowest BCUT2D eigenvalue weighted by Crippen LogP contribution is -2.27. The molecule has 2 rings (SSSR count). The Bertz CT molecular complexity index is 838. The van der Waals surface area contributed by atoms with Crippen LogP contribution in [0, 0.1) is 12.3 Å². The molecule has 0 bridgehead atoms. The molecule has 7 heteroatoms. The number of anilines is 2. The van der Waals surface area contributed by atoms with Gasteiger partial charge in [0.15, 0.2) is 6.61 Å². The summed E-state index contributed by atoms with van der Waals surface area (Å²) >= 11 is 6.85. The molecule has 0 radical (unpaired) electrons. The van der Waals surface area contributed by atoms with Crippen molar-refractivity contribution in [2.45, 2.75) is 27.7 Å². The topological polar surface area (TPSA) is 67.4 Å². The summed E-state index contributed by atoms with van der Waals surface area (Å²) < 4.78 is 7.35. The summed E-state index contributed by atoms with van der Waals surface area (Å²) in [6.45, 7) is 7.30. The Morgan fingerprint density at radius 1 is 1.04 bits per heavy atom. The molecule has 2 aromatic carbocycles. The standard InChI is InChI=1S/C20H22Br2N2O3/c1-12-8-13(21)9-16(22)18(12)27-11-17(25)23-14-6-5-7-15(10-14)24-19(26)20(2,3)4/h5-10H,11H2,1-4H3,(H,23,25)(H,24,26). The van der Waals surface area contributed by atoms with Crippen LogP contribution < -0.4 is 15.4 Å². The zero-order chi connectivity index (χ0) is 20.2. The Morgan fingerprint density at radius 2 is 1.67 bits per heavy atom. The Kier molecular flexibility index (Phi) is 7.06. The zero-order valence-corrected chi connectivity index (χ0v) is 18.8. The fraction of sp³-hybridized carbons (Fsp3) is 0.300. The SMILES string of the molecule is Cc1cc(Br)cc(Br)c1OCC(=O)Nc1cccc(NC(=O)C(C)(C)C)c1. The van der Waals surface area contributed by atoms with Crippen molar-refractivity contribution in [2.24, 2.45) is 5.41 Å². The normalized spacial score (nSPS) is 11.0. The second kappa shape index (κ2) is 8.89. The van der Waals surface area contributed by atoms with Crippen molar-refractivity contribution in [3.05, 3.63) is 50.9 Å². The number of carbonyl (C=O) groups excluding carboxylic acids is 2. The number of halogens is 2. The Balaban J connectivity index is 1.98. The van der Waals surface area contributed by atoms with Gasteiger partial charge in [0.2, 0.25) is 5.91 Å². The van der Waals surface area contributed by atoms with E-state index in [0.29, 0.717) is 17.1 Å². The van der Waals surface area contributed by atoms with Crippen molar-refractivity contribution < 1.29 is 14.3 Å². The van der Waals surface area contributed by atoms with E-state index in [1.165, 1.54) is 0 Å². The molecule has 27 heavy (non-hydrogen) atoms. The first-order valence-corrected chi connectivity index (χ1v) is 9.94. The highest BCUT2D eigenvalue weighted by atomic mass is 79.9. The highest BCUT2D eigenvalue weighted by Crippen LogP contribution is 2.32. The summed E-state index contributed by atoms with van der Waals surface area (Å²) in [7, 11) is 0. The highest BCUT2D eigenvalue weighted by Gasteiger charge is 2.21. The van der Waals surface area contributed by atoms with Crippen LogP contribution in [0.25, 0.3) is 0 Å². The van der Waals surface area contributed by atoms with Crippen LogP contribution in [0.2, 0.25) is 0 Å². The number of rotatable bonds is 5. The van der Waals surface area contributed by atoms with Gasteiger partial charge in [0.25, 0.3) is 5.91 Å². The van der Waals surface area contributed by atoms with Gasteiger partial charge in [-0.05, 0) is 58.7 Å². The van der Waals surface area contributed by atoms with E-state index in [4.69, 9.17) is 4.74 Å². The molecule has 0 saturated heterocycles. The van der Waals surface area contributed by atoms with Crippen LogP contribution in [0.3, 0.4) is 0 Å². The van der Waals surface area contributed by atoms with E-state index >= 15 is 0 Å². The van der Waals surface area contributed by atoms with E-state index in [1.54, 1.807) is 24.3 Å². The van der Waals surface area contributed by atoms with Crippen molar-refractivity contribution in [3.63, 3.8) is 0 Å². The van der Waals surface area contributed by atoms with Crippen LogP contribution >= 0.6 is 31.9 Å². The molecule has 0 unspecified atom stereocenters. The maximum absolute atomic E-state index is 12.2. The van der Waals surface area contributed by atoms with Crippen LogP contribution in [-0.4, -0.2) is 18.4 Å². The smallest absolute Gasteiger partial charge is 0.262 e. The van der Waals surface area contributed by atoms with Crippen molar-refractivity contribution in [3.8, 4) is 5.75 Å². The minimum absolute atomic E-state index is 0.0927. The Hall–Kier alpha value is -1.86. The molecule has 0 fully saturated rings. The van der Waals surface area contributed by atoms with Crippen LogP contribution in [0.15, 0.2) is 45.3 Å². The summed E-state index contributed by atoms with van der Waals surface area (Å²) in [6.07, 6.45) is 0. The number of benzene rings is 2. The minimum atomic E-state index is -0.497. The Labute approximate surface area is 176 Å². The first-order valence-electron chi connectivity index (χ1n) is 8.36.